The number of hydrogen-bond acceptors (Lipinski definition) is 6. The highest BCUT2D eigenvalue weighted by Gasteiger charge is 2.27. The van der Waals surface area contributed by atoms with Crippen molar-refractivity contribution in [2.75, 3.05) is 19.4 Å². The highest BCUT2D eigenvalue weighted by atomic mass is 32.2. The molecule has 2 N–H and O–H groups in total. The normalized spacial score (nSPS) is 13.6. The summed E-state index contributed by atoms with van der Waals surface area (Å²) in [6, 6.07) is 0. The molecule has 1 amide bonds. The van der Waals surface area contributed by atoms with Crippen LogP contribution in [0.2, 0.25) is 0 Å². The van der Waals surface area contributed by atoms with Crippen LogP contribution in [0.4, 0.5) is 0 Å². The Morgan fingerprint density at radius 1 is 1.31 bits per heavy atom. The number of thioether (sulfide) groups is 1. The maximum atomic E-state index is 12.6. The van der Waals surface area contributed by atoms with E-state index < -0.39 is 0 Å². The Kier molecular flexibility index (Phi) is 7.49. The minimum atomic E-state index is -0.143. The number of aromatic amines is 1. The number of aromatic nitrogens is 4. The van der Waals surface area contributed by atoms with Gasteiger partial charge in [0, 0.05) is 43.7 Å². The van der Waals surface area contributed by atoms with Crippen LogP contribution >= 0.6 is 11.8 Å². The molecule has 2 heterocycles. The predicted octanol–water partition coefficient (Wildman–Crippen LogP) is 3.11. The summed E-state index contributed by atoms with van der Waals surface area (Å²) in [4.78, 5) is 23.5. The molecule has 0 fully saturated rings. The van der Waals surface area contributed by atoms with Crippen LogP contribution in [0.1, 0.15) is 67.5 Å². The van der Waals surface area contributed by atoms with Gasteiger partial charge in [0.25, 0.3) is 5.91 Å². The van der Waals surface area contributed by atoms with Crippen LogP contribution in [0.15, 0.2) is 6.20 Å². The number of hydrogen-bond donors (Lipinski definition) is 2. The van der Waals surface area contributed by atoms with Crippen LogP contribution < -0.4 is 5.32 Å². The van der Waals surface area contributed by atoms with Gasteiger partial charge in [-0.15, -0.1) is 0 Å². The van der Waals surface area contributed by atoms with Gasteiger partial charge >= 0.3 is 0 Å². The van der Waals surface area contributed by atoms with Crippen molar-refractivity contribution in [1.29, 1.82) is 0 Å². The molecule has 0 aromatic carbocycles. The Morgan fingerprint density at radius 2 is 2.10 bits per heavy atom. The molecule has 1 unspecified atom stereocenters. The zero-order valence-corrected chi connectivity index (χ0v) is 18.1. The number of nitrogens with zero attached hydrogens (tertiary/aromatic N) is 3. The first-order valence-electron chi connectivity index (χ1n) is 10.1. The number of carbonyl (C=O) groups excluding carboxylic acids is 2. The molecule has 1 atom stereocenters. The number of methoxy groups -OCH3 is 1. The number of H-pyrrole nitrogens is 1. The number of unbranched alkanes of at least 4 members (excludes halogenated alkanes) is 3. The van der Waals surface area contributed by atoms with Crippen LogP contribution in [-0.4, -0.2) is 50.4 Å². The second-order valence-electron chi connectivity index (χ2n) is 7.24. The van der Waals surface area contributed by atoms with Gasteiger partial charge in [-0.2, -0.15) is 10.2 Å². The average molecular weight is 420 g/mol. The van der Waals surface area contributed by atoms with E-state index in [1.165, 1.54) is 11.8 Å². The first-order chi connectivity index (χ1) is 14.0. The van der Waals surface area contributed by atoms with Crippen molar-refractivity contribution in [2.24, 2.45) is 0 Å². The van der Waals surface area contributed by atoms with Crippen LogP contribution in [-0.2, 0) is 22.4 Å². The van der Waals surface area contributed by atoms with E-state index in [4.69, 9.17) is 4.74 Å². The number of aryl methyl sites for hydroxylation is 1. The Labute approximate surface area is 175 Å². The summed E-state index contributed by atoms with van der Waals surface area (Å²) in [7, 11) is 1.65. The van der Waals surface area contributed by atoms with Crippen molar-refractivity contribution >= 4 is 22.8 Å². The summed E-state index contributed by atoms with van der Waals surface area (Å²) in [6.07, 6.45) is 7.40. The lowest BCUT2D eigenvalue weighted by Crippen LogP contribution is -2.26. The number of amides is 1. The molecule has 1 aliphatic rings. The number of fused-ring (bicyclic) bond motifs is 3. The van der Waals surface area contributed by atoms with E-state index in [-0.39, 0.29) is 17.3 Å². The Bertz CT molecular complexity index is 860. The molecule has 158 valence electrons. The molecule has 8 nitrogen and oxygen atoms in total. The standard InChI is InChI=1S/C20H29N5O3S/c1-13(28-3)25-12-16-17(24-25)9-8-15-18(16)22-23-19(15)20(27)21-10-6-4-5-7-11-29-14(2)26/h12-13H,4-11H2,1-3H3,(H,21,27)(H,22,23). The second kappa shape index (κ2) is 10.1. The topological polar surface area (TPSA) is 102 Å². The quantitative estimate of drug-likeness (QED) is 0.574. The van der Waals surface area contributed by atoms with Gasteiger partial charge in [0.2, 0.25) is 0 Å². The lowest BCUT2D eigenvalue weighted by molar-refractivity contribution is -0.109. The fourth-order valence-corrected chi connectivity index (χ4v) is 4.10. The van der Waals surface area contributed by atoms with Crippen LogP contribution in [0.5, 0.6) is 0 Å². The lowest BCUT2D eigenvalue weighted by Gasteiger charge is -2.11. The van der Waals surface area contributed by atoms with Gasteiger partial charge in [0.05, 0.1) is 11.4 Å². The van der Waals surface area contributed by atoms with Gasteiger partial charge in [-0.05, 0) is 32.6 Å². The Balaban J connectivity index is 1.51. The van der Waals surface area contributed by atoms with Gasteiger partial charge in [0.15, 0.2) is 10.8 Å². The molecule has 29 heavy (non-hydrogen) atoms. The number of carbonyl (C=O) groups is 2. The third kappa shape index (κ3) is 5.27. The van der Waals surface area contributed by atoms with Crippen molar-refractivity contribution in [2.45, 2.75) is 58.6 Å². The summed E-state index contributed by atoms with van der Waals surface area (Å²) >= 11 is 1.38. The molecule has 0 saturated carbocycles. The zero-order valence-electron chi connectivity index (χ0n) is 17.3. The zero-order chi connectivity index (χ0) is 20.8. The van der Waals surface area contributed by atoms with E-state index in [1.807, 2.05) is 13.1 Å². The predicted molar refractivity (Wildman–Crippen MR) is 113 cm³/mol. The highest BCUT2D eigenvalue weighted by Crippen LogP contribution is 2.33. The molecule has 2 aromatic heterocycles. The van der Waals surface area contributed by atoms with E-state index in [1.54, 1.807) is 18.7 Å². The first-order valence-corrected chi connectivity index (χ1v) is 11.1. The van der Waals surface area contributed by atoms with Gasteiger partial charge in [-0.1, -0.05) is 24.6 Å². The van der Waals surface area contributed by atoms with E-state index in [9.17, 15) is 9.59 Å². The van der Waals surface area contributed by atoms with Crippen LogP contribution in [0, 0.1) is 0 Å². The fourth-order valence-electron chi connectivity index (χ4n) is 3.46. The lowest BCUT2D eigenvalue weighted by atomic mass is 9.94. The maximum absolute atomic E-state index is 12.6. The molecule has 3 rings (SSSR count). The maximum Gasteiger partial charge on any atom is 0.272 e. The second-order valence-corrected chi connectivity index (χ2v) is 8.51. The molecule has 1 aliphatic carbocycles. The molecule has 0 saturated heterocycles. The minimum absolute atomic E-state index is 0.129. The average Bonchev–Trinajstić information content (AvgIpc) is 3.32. The highest BCUT2D eigenvalue weighted by molar-refractivity contribution is 8.13. The van der Waals surface area contributed by atoms with Crippen molar-refractivity contribution in [1.82, 2.24) is 25.3 Å². The van der Waals surface area contributed by atoms with E-state index in [0.29, 0.717) is 12.2 Å². The minimum Gasteiger partial charge on any atom is -0.360 e. The monoisotopic (exact) mass is 419 g/mol. The summed E-state index contributed by atoms with van der Waals surface area (Å²) in [6.45, 7) is 4.17. The van der Waals surface area contributed by atoms with Crippen LogP contribution in [0.3, 0.4) is 0 Å². The Hall–Kier alpha value is -2.13. The molecule has 9 heteroatoms. The molecule has 0 bridgehead atoms. The van der Waals surface area contributed by atoms with E-state index >= 15 is 0 Å². The molecule has 0 radical (unpaired) electrons. The fraction of sp³-hybridized carbons (Fsp3) is 0.600. The summed E-state index contributed by atoms with van der Waals surface area (Å²) in [5.74, 6) is 0.749. The van der Waals surface area contributed by atoms with Crippen molar-refractivity contribution in [3.63, 3.8) is 0 Å². The Morgan fingerprint density at radius 3 is 2.86 bits per heavy atom. The largest absolute Gasteiger partial charge is 0.360 e. The number of rotatable bonds is 10. The summed E-state index contributed by atoms with van der Waals surface area (Å²) in [5, 5.41) is 15.1. The van der Waals surface area contributed by atoms with Crippen molar-refractivity contribution in [3.8, 4) is 11.3 Å². The molecular weight excluding hydrogens is 390 g/mol. The van der Waals surface area contributed by atoms with Gasteiger partial charge in [-0.3, -0.25) is 14.7 Å². The van der Waals surface area contributed by atoms with Gasteiger partial charge in [0.1, 0.15) is 6.23 Å². The molecule has 2 aromatic rings. The molecular formula is C20H29N5O3S. The number of ether oxygens (including phenoxy) is 1. The summed E-state index contributed by atoms with van der Waals surface area (Å²) in [5.41, 5.74) is 4.32. The number of nitrogens with one attached hydrogen (secondary N) is 2. The van der Waals surface area contributed by atoms with E-state index in [0.717, 1.165) is 66.8 Å². The van der Waals surface area contributed by atoms with Gasteiger partial charge in [-0.25, -0.2) is 4.68 Å². The van der Waals surface area contributed by atoms with Crippen LogP contribution in [0.25, 0.3) is 11.3 Å². The third-order valence-electron chi connectivity index (χ3n) is 5.15. The van der Waals surface area contributed by atoms with Crippen molar-refractivity contribution in [3.05, 3.63) is 23.1 Å². The SMILES string of the molecule is COC(C)n1cc2c(n1)CCc1c(C(=O)NCCCCCCSC(C)=O)n[nH]c1-2. The smallest absolute Gasteiger partial charge is 0.272 e. The van der Waals surface area contributed by atoms with Gasteiger partial charge < -0.3 is 10.1 Å². The molecule has 0 spiro atoms. The first kappa shape index (κ1) is 21.6. The van der Waals surface area contributed by atoms with Crippen molar-refractivity contribution < 1.29 is 14.3 Å². The van der Waals surface area contributed by atoms with E-state index in [2.05, 4.69) is 20.6 Å². The summed E-state index contributed by atoms with van der Waals surface area (Å²) < 4.78 is 7.14. The third-order valence-corrected chi connectivity index (χ3v) is 6.05. The molecule has 0 aliphatic heterocycles.